The minimum Gasteiger partial charge on any atom is -0.508 e. The predicted molar refractivity (Wildman–Crippen MR) is 142 cm³/mol. The summed E-state index contributed by atoms with van der Waals surface area (Å²) in [6.45, 7) is 1.57. The molecule has 0 spiro atoms. The van der Waals surface area contributed by atoms with Crippen LogP contribution in [-0.4, -0.2) is 40.5 Å². The van der Waals surface area contributed by atoms with Crippen molar-refractivity contribution in [3.63, 3.8) is 0 Å². The second kappa shape index (κ2) is 9.11. The molecule has 202 valence electrons. The molecule has 40 heavy (non-hydrogen) atoms. The zero-order chi connectivity index (χ0) is 28.5. The number of aromatic hydroxyl groups is 1. The van der Waals surface area contributed by atoms with Gasteiger partial charge < -0.3 is 9.84 Å². The van der Waals surface area contributed by atoms with Gasteiger partial charge in [0.15, 0.2) is 11.6 Å². The van der Waals surface area contributed by atoms with Crippen molar-refractivity contribution in [2.45, 2.75) is 25.7 Å². The number of allylic oxidation sites excluding steroid dienone is 6. The van der Waals surface area contributed by atoms with E-state index in [9.17, 15) is 34.4 Å². The van der Waals surface area contributed by atoms with Gasteiger partial charge in [0.25, 0.3) is 5.69 Å². The summed E-state index contributed by atoms with van der Waals surface area (Å²) < 4.78 is 5.37. The molecule has 10 heteroatoms. The molecule has 3 aliphatic carbocycles. The number of fused-ring (bicyclic) bond motifs is 3. The van der Waals surface area contributed by atoms with Gasteiger partial charge in [-0.2, -0.15) is 0 Å². The lowest BCUT2D eigenvalue weighted by molar-refractivity contribution is -0.384. The molecule has 1 N–H and O–H groups in total. The average molecular weight is 541 g/mol. The largest absolute Gasteiger partial charge is 0.508 e. The van der Waals surface area contributed by atoms with E-state index in [0.29, 0.717) is 16.9 Å². The van der Waals surface area contributed by atoms with Gasteiger partial charge in [-0.3, -0.25) is 29.3 Å². The van der Waals surface area contributed by atoms with Crippen molar-refractivity contribution in [1.82, 2.24) is 0 Å². The Kier molecular flexibility index (Phi) is 5.79. The zero-order valence-corrected chi connectivity index (χ0v) is 21.6. The molecule has 0 radical (unpaired) electrons. The Morgan fingerprint density at radius 3 is 2.55 bits per heavy atom. The monoisotopic (exact) mass is 540 g/mol. The maximum atomic E-state index is 13.9. The number of imide groups is 1. The van der Waals surface area contributed by atoms with Gasteiger partial charge in [-0.05, 0) is 56.0 Å². The number of amides is 2. The summed E-state index contributed by atoms with van der Waals surface area (Å²) in [5.74, 6) is -4.27. The first kappa shape index (κ1) is 25.4. The number of nitro benzene ring substituents is 1. The van der Waals surface area contributed by atoms with Crippen molar-refractivity contribution in [2.75, 3.05) is 12.0 Å². The number of benzene rings is 2. The number of hydrogen-bond acceptors (Lipinski definition) is 8. The summed E-state index contributed by atoms with van der Waals surface area (Å²) in [6, 6.07) is 10.0. The number of rotatable bonds is 4. The molecule has 2 amide bonds. The average Bonchev–Trinajstić information content (AvgIpc) is 3.20. The van der Waals surface area contributed by atoms with Gasteiger partial charge in [-0.15, -0.1) is 0 Å². The first-order chi connectivity index (χ1) is 19.1. The smallest absolute Gasteiger partial charge is 0.271 e. The van der Waals surface area contributed by atoms with Gasteiger partial charge in [0, 0.05) is 40.3 Å². The number of hydrogen-bond donors (Lipinski definition) is 1. The number of methoxy groups -OCH3 is 1. The third-order valence-electron chi connectivity index (χ3n) is 8.41. The lowest BCUT2D eigenvalue weighted by atomic mass is 9.59. The number of ketones is 2. The van der Waals surface area contributed by atoms with E-state index in [-0.39, 0.29) is 58.3 Å². The highest BCUT2D eigenvalue weighted by Crippen LogP contribution is 2.56. The number of anilines is 1. The Bertz CT molecular complexity index is 1650. The molecule has 4 aliphatic rings. The number of non-ortho nitro benzene ring substituents is 1. The number of Topliss-reactive ketones (excluding diaryl/α,β-unsaturated/α-hetero) is 1. The van der Waals surface area contributed by atoms with Crippen LogP contribution in [0.4, 0.5) is 11.4 Å². The second-order valence-corrected chi connectivity index (χ2v) is 10.4. The maximum Gasteiger partial charge on any atom is 0.271 e. The van der Waals surface area contributed by atoms with E-state index in [2.05, 4.69) is 0 Å². The van der Waals surface area contributed by atoms with Crippen LogP contribution in [0, 0.1) is 27.9 Å². The summed E-state index contributed by atoms with van der Waals surface area (Å²) in [5, 5.41) is 22.3. The maximum absolute atomic E-state index is 13.9. The molecule has 0 unspecified atom stereocenters. The number of nitrogens with zero attached hydrogens (tertiary/aromatic N) is 2. The van der Waals surface area contributed by atoms with Crippen molar-refractivity contribution in [3.8, 4) is 11.5 Å². The molecule has 0 saturated carbocycles. The third kappa shape index (κ3) is 3.63. The van der Waals surface area contributed by atoms with Crippen molar-refractivity contribution >= 4 is 34.8 Å². The Morgan fingerprint density at radius 2 is 1.82 bits per heavy atom. The second-order valence-electron chi connectivity index (χ2n) is 10.4. The molecular formula is C30H24N2O8. The molecule has 1 fully saturated rings. The normalized spacial score (nSPS) is 25.7. The Labute approximate surface area is 228 Å². The first-order valence-electron chi connectivity index (χ1n) is 12.8. The summed E-state index contributed by atoms with van der Waals surface area (Å²) >= 11 is 0. The molecule has 1 saturated heterocycles. The summed E-state index contributed by atoms with van der Waals surface area (Å²) in [4.78, 5) is 65.9. The zero-order valence-electron chi connectivity index (χ0n) is 21.6. The minimum atomic E-state index is -0.842. The fraction of sp³-hybridized carbons (Fsp3) is 0.267. The van der Waals surface area contributed by atoms with Gasteiger partial charge >= 0.3 is 0 Å². The van der Waals surface area contributed by atoms with Gasteiger partial charge in [-0.25, -0.2) is 4.90 Å². The molecule has 1 heterocycles. The highest BCUT2D eigenvalue weighted by atomic mass is 16.6. The molecule has 0 aromatic heterocycles. The number of carbonyl (C=O) groups excluding carboxylic acids is 4. The minimum absolute atomic E-state index is 0.0831. The van der Waals surface area contributed by atoms with E-state index >= 15 is 0 Å². The Hall–Kier alpha value is -4.86. The van der Waals surface area contributed by atoms with Gasteiger partial charge in [0.2, 0.25) is 11.8 Å². The fourth-order valence-corrected chi connectivity index (χ4v) is 6.61. The number of nitro groups is 1. The highest BCUT2D eigenvalue weighted by molar-refractivity contribution is 6.25. The molecule has 10 nitrogen and oxygen atoms in total. The van der Waals surface area contributed by atoms with Crippen molar-refractivity contribution < 1.29 is 33.9 Å². The van der Waals surface area contributed by atoms with Gasteiger partial charge in [0.1, 0.15) is 11.5 Å². The van der Waals surface area contributed by atoms with Crippen LogP contribution >= 0.6 is 0 Å². The lowest BCUT2D eigenvalue weighted by Gasteiger charge is -2.42. The van der Waals surface area contributed by atoms with Gasteiger partial charge in [-0.1, -0.05) is 17.7 Å². The molecule has 0 bridgehead atoms. The molecule has 2 aromatic rings. The molecule has 6 rings (SSSR count). The Morgan fingerprint density at radius 1 is 1.05 bits per heavy atom. The predicted octanol–water partition coefficient (Wildman–Crippen LogP) is 3.94. The third-order valence-corrected chi connectivity index (χ3v) is 8.41. The topological polar surface area (TPSA) is 144 Å². The van der Waals surface area contributed by atoms with Crippen molar-refractivity contribution in [1.29, 1.82) is 0 Å². The molecule has 2 aromatic carbocycles. The van der Waals surface area contributed by atoms with Crippen LogP contribution < -0.4 is 9.64 Å². The Balaban J connectivity index is 1.49. The molecule has 4 atom stereocenters. The number of phenolic OH excluding ortho intramolecular Hbond substituents is 1. The summed E-state index contributed by atoms with van der Waals surface area (Å²) in [6.07, 6.45) is 3.41. The van der Waals surface area contributed by atoms with E-state index in [1.54, 1.807) is 19.1 Å². The van der Waals surface area contributed by atoms with E-state index < -0.39 is 40.4 Å². The van der Waals surface area contributed by atoms with Crippen LogP contribution in [-0.2, 0) is 19.2 Å². The van der Waals surface area contributed by atoms with E-state index in [1.165, 1.54) is 43.5 Å². The first-order valence-corrected chi connectivity index (χ1v) is 12.8. The summed E-state index contributed by atoms with van der Waals surface area (Å²) in [7, 11) is 1.47. The van der Waals surface area contributed by atoms with Crippen LogP contribution in [0.25, 0.3) is 0 Å². The van der Waals surface area contributed by atoms with Crippen molar-refractivity contribution in [2.24, 2.45) is 17.8 Å². The molecular weight excluding hydrogens is 516 g/mol. The van der Waals surface area contributed by atoms with Crippen LogP contribution in [0.3, 0.4) is 0 Å². The highest BCUT2D eigenvalue weighted by Gasteiger charge is 2.57. The number of carbonyl (C=O) groups is 4. The SMILES string of the molecule is COc1ccc(O)c([C@H]2C3=CC[C@@H]4C(=O)N(c5cccc([N+](=O)[O-])c5)C(=O)[C@@H]4[C@@H]3CC3=C2C(=O)C(C)=CC3=O)c1. The fourth-order valence-electron chi connectivity index (χ4n) is 6.61. The quantitative estimate of drug-likeness (QED) is 0.202. The van der Waals surface area contributed by atoms with Crippen LogP contribution in [0.15, 0.2) is 76.9 Å². The van der Waals surface area contributed by atoms with E-state index in [0.717, 1.165) is 4.90 Å². The van der Waals surface area contributed by atoms with Gasteiger partial charge in [0.05, 0.1) is 29.6 Å². The number of phenols is 1. The van der Waals surface area contributed by atoms with Crippen LogP contribution in [0.2, 0.25) is 0 Å². The summed E-state index contributed by atoms with van der Waals surface area (Å²) in [5.41, 5.74) is 1.72. The standard InChI is InChI=1S/C30H24N2O8/c1-14-10-24(34)22-13-20-18(25(27(22)28(14)35)21-12-17(40-2)6-9-23(21)33)7-8-19-26(20)30(37)31(29(19)36)15-4-3-5-16(11-15)32(38)39/h3-7,9-12,19-20,25-26,33H,8,13H2,1-2H3/t19-,20+,25+,26-/m0/s1. The van der Waals surface area contributed by atoms with Crippen LogP contribution in [0.5, 0.6) is 11.5 Å². The molecule has 1 aliphatic heterocycles. The van der Waals surface area contributed by atoms with Crippen molar-refractivity contribution in [3.05, 3.63) is 92.6 Å². The number of ether oxygens (including phenoxy) is 1. The lowest BCUT2D eigenvalue weighted by Crippen LogP contribution is -2.39. The van der Waals surface area contributed by atoms with Crippen LogP contribution in [0.1, 0.15) is 31.2 Å². The van der Waals surface area contributed by atoms with E-state index in [1.807, 2.05) is 6.08 Å². The van der Waals surface area contributed by atoms with E-state index in [4.69, 9.17) is 4.74 Å².